The number of hydrogen-bond acceptors (Lipinski definition) is 3. The molecule has 1 aliphatic rings. The molecule has 1 rings (SSSR count). The molecule has 1 fully saturated rings. The normalized spacial score (nSPS) is 20.5. The number of amides is 2. The molecule has 116 valence electrons. The summed E-state index contributed by atoms with van der Waals surface area (Å²) < 4.78 is 0. The lowest BCUT2D eigenvalue weighted by atomic mass is 9.96. The number of carboxylic acid groups (broad SMARTS) is 1. The van der Waals surface area contributed by atoms with E-state index >= 15 is 0 Å². The number of aliphatic carboxylic acids is 1. The molecule has 2 atom stereocenters. The molecule has 0 aromatic carbocycles. The second-order valence-electron chi connectivity index (χ2n) is 6.13. The molecule has 20 heavy (non-hydrogen) atoms. The van der Waals surface area contributed by atoms with Gasteiger partial charge in [0, 0.05) is 25.7 Å². The van der Waals surface area contributed by atoms with Gasteiger partial charge in [0.25, 0.3) is 0 Å². The van der Waals surface area contributed by atoms with Gasteiger partial charge in [-0.05, 0) is 32.9 Å². The van der Waals surface area contributed by atoms with Crippen LogP contribution in [0.5, 0.6) is 0 Å². The van der Waals surface area contributed by atoms with E-state index in [-0.39, 0.29) is 24.5 Å². The number of carbonyl (C=O) groups is 2. The van der Waals surface area contributed by atoms with Gasteiger partial charge in [-0.2, -0.15) is 0 Å². The van der Waals surface area contributed by atoms with Crippen molar-refractivity contribution in [1.82, 2.24) is 15.1 Å². The Morgan fingerprint density at radius 2 is 2.05 bits per heavy atom. The Morgan fingerprint density at radius 3 is 2.55 bits per heavy atom. The number of nitrogens with one attached hydrogen (secondary N) is 1. The smallest absolute Gasteiger partial charge is 0.317 e. The molecular weight excluding hydrogens is 258 g/mol. The number of nitrogens with zero attached hydrogens (tertiary/aromatic N) is 2. The maximum Gasteiger partial charge on any atom is 0.317 e. The molecule has 0 bridgehead atoms. The van der Waals surface area contributed by atoms with Crippen LogP contribution < -0.4 is 5.32 Å². The first-order valence-electron chi connectivity index (χ1n) is 7.25. The second-order valence-corrected chi connectivity index (χ2v) is 6.13. The van der Waals surface area contributed by atoms with Crippen molar-refractivity contribution in [3.8, 4) is 0 Å². The van der Waals surface area contributed by atoms with E-state index < -0.39 is 11.9 Å². The summed E-state index contributed by atoms with van der Waals surface area (Å²) in [4.78, 5) is 27.2. The molecule has 1 saturated heterocycles. The summed E-state index contributed by atoms with van der Waals surface area (Å²) in [6.07, 6.45) is 2.02. The predicted octanol–water partition coefficient (Wildman–Crippen LogP) is 1.08. The highest BCUT2D eigenvalue weighted by atomic mass is 16.4. The van der Waals surface area contributed by atoms with Crippen LogP contribution in [0.4, 0.5) is 4.79 Å². The maximum atomic E-state index is 12.2. The van der Waals surface area contributed by atoms with Gasteiger partial charge in [0.15, 0.2) is 0 Å². The quantitative estimate of drug-likeness (QED) is 0.766. The number of likely N-dealkylation sites (tertiary alicyclic amines) is 1. The van der Waals surface area contributed by atoms with E-state index in [0.717, 1.165) is 25.9 Å². The first-order chi connectivity index (χ1) is 9.32. The molecule has 6 nitrogen and oxygen atoms in total. The van der Waals surface area contributed by atoms with Crippen molar-refractivity contribution in [1.29, 1.82) is 0 Å². The summed E-state index contributed by atoms with van der Waals surface area (Å²) in [6, 6.07) is 0.0913. The minimum Gasteiger partial charge on any atom is -0.481 e. The minimum atomic E-state index is -0.855. The van der Waals surface area contributed by atoms with E-state index in [2.05, 4.69) is 10.2 Å². The van der Waals surface area contributed by atoms with E-state index in [1.165, 1.54) is 0 Å². The zero-order valence-corrected chi connectivity index (χ0v) is 12.9. The first kappa shape index (κ1) is 16.8. The van der Waals surface area contributed by atoms with Crippen molar-refractivity contribution >= 4 is 12.0 Å². The third-order valence-corrected chi connectivity index (χ3v) is 3.81. The van der Waals surface area contributed by atoms with Gasteiger partial charge in [-0.15, -0.1) is 0 Å². The van der Waals surface area contributed by atoms with Crippen molar-refractivity contribution in [3.05, 3.63) is 0 Å². The van der Waals surface area contributed by atoms with Gasteiger partial charge in [-0.1, -0.05) is 13.8 Å². The lowest BCUT2D eigenvalue weighted by Crippen LogP contribution is -2.48. The van der Waals surface area contributed by atoms with Crippen molar-refractivity contribution in [3.63, 3.8) is 0 Å². The molecule has 1 aliphatic heterocycles. The van der Waals surface area contributed by atoms with Crippen LogP contribution >= 0.6 is 0 Å². The van der Waals surface area contributed by atoms with Crippen molar-refractivity contribution in [2.24, 2.45) is 11.8 Å². The highest BCUT2D eigenvalue weighted by molar-refractivity contribution is 5.76. The number of rotatable bonds is 6. The van der Waals surface area contributed by atoms with Crippen molar-refractivity contribution in [2.75, 3.05) is 33.7 Å². The molecule has 1 heterocycles. The lowest BCUT2D eigenvalue weighted by molar-refractivity contribution is -0.142. The summed E-state index contributed by atoms with van der Waals surface area (Å²) in [6.45, 7) is 5.51. The van der Waals surface area contributed by atoms with Crippen LogP contribution in [0.2, 0.25) is 0 Å². The fourth-order valence-electron chi connectivity index (χ4n) is 2.62. The van der Waals surface area contributed by atoms with Crippen LogP contribution in [-0.4, -0.2) is 66.7 Å². The highest BCUT2D eigenvalue weighted by Gasteiger charge is 2.30. The van der Waals surface area contributed by atoms with E-state index in [1.807, 2.05) is 32.8 Å². The third kappa shape index (κ3) is 4.67. The van der Waals surface area contributed by atoms with Gasteiger partial charge in [-0.25, -0.2) is 4.79 Å². The molecule has 0 aromatic heterocycles. The molecule has 0 aromatic rings. The van der Waals surface area contributed by atoms with E-state index in [9.17, 15) is 9.59 Å². The average molecular weight is 285 g/mol. The van der Waals surface area contributed by atoms with E-state index in [1.54, 1.807) is 0 Å². The number of urea groups is 1. The van der Waals surface area contributed by atoms with Gasteiger partial charge in [-0.3, -0.25) is 4.79 Å². The van der Waals surface area contributed by atoms with Gasteiger partial charge >= 0.3 is 12.0 Å². The predicted molar refractivity (Wildman–Crippen MR) is 77.6 cm³/mol. The fraction of sp³-hybridized carbons (Fsp3) is 0.857. The number of likely N-dealkylation sites (N-methyl/N-ethyl adjacent to an activating group) is 1. The highest BCUT2D eigenvalue weighted by Crippen LogP contribution is 2.18. The Bertz CT molecular complexity index is 345. The Hall–Kier alpha value is -1.30. The number of carbonyl (C=O) groups excluding carboxylic acids is 1. The molecular formula is C14H27N3O3. The standard InChI is InChI=1S/C14H27N3O3/c1-10(2)12(13(18)19)8-15-14(20)17-7-5-6-11(17)9-16(3)4/h10-12H,5-9H2,1-4H3,(H,15,20)(H,18,19). The van der Waals surface area contributed by atoms with E-state index in [0.29, 0.717) is 0 Å². The SMILES string of the molecule is CC(C)C(CNC(=O)N1CCCC1CN(C)C)C(=O)O. The average Bonchev–Trinajstić information content (AvgIpc) is 2.75. The Kier molecular flexibility index (Phi) is 6.26. The number of carboxylic acids is 1. The molecule has 2 unspecified atom stereocenters. The van der Waals surface area contributed by atoms with Gasteiger partial charge < -0.3 is 20.2 Å². The number of hydrogen-bond donors (Lipinski definition) is 2. The van der Waals surface area contributed by atoms with Crippen LogP contribution in [0.3, 0.4) is 0 Å². The summed E-state index contributed by atoms with van der Waals surface area (Å²) >= 11 is 0. The molecule has 0 saturated carbocycles. The summed E-state index contributed by atoms with van der Waals surface area (Å²) in [5.74, 6) is -1.38. The zero-order valence-electron chi connectivity index (χ0n) is 12.9. The molecule has 0 radical (unpaired) electrons. The van der Waals surface area contributed by atoms with Crippen LogP contribution in [0.15, 0.2) is 0 Å². The molecule has 2 N–H and O–H groups in total. The zero-order chi connectivity index (χ0) is 15.3. The first-order valence-corrected chi connectivity index (χ1v) is 7.25. The van der Waals surface area contributed by atoms with Crippen LogP contribution in [0.1, 0.15) is 26.7 Å². The fourth-order valence-corrected chi connectivity index (χ4v) is 2.62. The van der Waals surface area contributed by atoms with Gasteiger partial charge in [0.05, 0.1) is 5.92 Å². The molecule has 0 aliphatic carbocycles. The lowest BCUT2D eigenvalue weighted by Gasteiger charge is -2.28. The third-order valence-electron chi connectivity index (χ3n) is 3.81. The molecule has 0 spiro atoms. The van der Waals surface area contributed by atoms with Gasteiger partial charge in [0.1, 0.15) is 0 Å². The Labute approximate surface area is 121 Å². The van der Waals surface area contributed by atoms with Crippen molar-refractivity contribution in [2.45, 2.75) is 32.7 Å². The van der Waals surface area contributed by atoms with Crippen molar-refractivity contribution < 1.29 is 14.7 Å². The minimum absolute atomic E-state index is 0.00366. The monoisotopic (exact) mass is 285 g/mol. The Morgan fingerprint density at radius 1 is 1.40 bits per heavy atom. The Balaban J connectivity index is 2.51. The summed E-state index contributed by atoms with van der Waals surface area (Å²) in [7, 11) is 3.99. The van der Waals surface area contributed by atoms with Gasteiger partial charge in [0.2, 0.25) is 0 Å². The largest absolute Gasteiger partial charge is 0.481 e. The molecule has 6 heteroatoms. The second kappa shape index (κ2) is 7.47. The summed E-state index contributed by atoms with van der Waals surface area (Å²) in [5.41, 5.74) is 0. The van der Waals surface area contributed by atoms with E-state index in [4.69, 9.17) is 5.11 Å². The molecule has 2 amide bonds. The summed E-state index contributed by atoms with van der Waals surface area (Å²) in [5, 5.41) is 11.9. The van der Waals surface area contributed by atoms with Crippen LogP contribution in [0.25, 0.3) is 0 Å². The van der Waals surface area contributed by atoms with Crippen LogP contribution in [-0.2, 0) is 4.79 Å². The maximum absolute atomic E-state index is 12.2. The topological polar surface area (TPSA) is 72.9 Å². The van der Waals surface area contributed by atoms with Crippen LogP contribution in [0, 0.1) is 11.8 Å².